The van der Waals surface area contributed by atoms with Crippen LogP contribution in [0.5, 0.6) is 17.2 Å². The average Bonchev–Trinajstić information content (AvgIpc) is 2.81. The van der Waals surface area contributed by atoms with E-state index in [9.17, 15) is 14.9 Å². The summed E-state index contributed by atoms with van der Waals surface area (Å²) in [7, 11) is 4.01. The lowest BCUT2D eigenvalue weighted by molar-refractivity contribution is -0.386. The molecule has 1 fully saturated rings. The third-order valence-corrected chi connectivity index (χ3v) is 6.06. The molecule has 0 radical (unpaired) electrons. The van der Waals surface area contributed by atoms with Crippen molar-refractivity contribution in [3.05, 3.63) is 57.1 Å². The number of nitrogens with one attached hydrogen (secondary N) is 1. The molecule has 0 unspecified atom stereocenters. The van der Waals surface area contributed by atoms with Gasteiger partial charge in [-0.1, -0.05) is 38.1 Å². The number of nitro benzene ring substituents is 1. The predicted molar refractivity (Wildman–Crippen MR) is 129 cm³/mol. The molecule has 34 heavy (non-hydrogen) atoms. The highest BCUT2D eigenvalue weighted by atomic mass is 16.6. The number of piperidine rings is 1. The molecule has 1 amide bonds. The van der Waals surface area contributed by atoms with Crippen molar-refractivity contribution < 1.29 is 23.9 Å². The SMILES string of the molecule is COc1cc(C(=O)NCc2ccc(CN3C[C@@H](C)C[C@H](C)C3)cc2)c([N+](=O)[O-])c(OC)c1OC. The fourth-order valence-corrected chi connectivity index (χ4v) is 4.71. The first-order valence-electron chi connectivity index (χ1n) is 11.3. The molecule has 0 bridgehead atoms. The quantitative estimate of drug-likeness (QED) is 0.435. The van der Waals surface area contributed by atoms with E-state index in [2.05, 4.69) is 36.2 Å². The van der Waals surface area contributed by atoms with Gasteiger partial charge in [0.15, 0.2) is 5.75 Å². The zero-order valence-electron chi connectivity index (χ0n) is 20.4. The van der Waals surface area contributed by atoms with Crippen molar-refractivity contribution in [2.45, 2.75) is 33.4 Å². The number of hydrogen-bond acceptors (Lipinski definition) is 7. The molecule has 1 N–H and O–H groups in total. The number of carbonyl (C=O) groups excluding carboxylic acids is 1. The smallest absolute Gasteiger partial charge is 0.327 e. The Hall–Kier alpha value is -3.33. The summed E-state index contributed by atoms with van der Waals surface area (Å²) in [5.41, 5.74) is 1.48. The zero-order chi connectivity index (χ0) is 24.8. The van der Waals surface area contributed by atoms with Crippen LogP contribution in [0.2, 0.25) is 0 Å². The third kappa shape index (κ3) is 5.77. The summed E-state index contributed by atoms with van der Waals surface area (Å²) in [6.45, 7) is 7.94. The van der Waals surface area contributed by atoms with Gasteiger partial charge in [-0.2, -0.15) is 0 Å². The van der Waals surface area contributed by atoms with E-state index in [1.807, 2.05) is 12.1 Å². The van der Waals surface area contributed by atoms with Crippen LogP contribution in [-0.2, 0) is 13.1 Å². The fraction of sp³-hybridized carbons (Fsp3) is 0.480. The van der Waals surface area contributed by atoms with E-state index in [1.54, 1.807) is 0 Å². The molecule has 1 saturated heterocycles. The number of carbonyl (C=O) groups is 1. The van der Waals surface area contributed by atoms with E-state index in [0.29, 0.717) is 11.8 Å². The number of nitrogens with zero attached hydrogens (tertiary/aromatic N) is 2. The average molecular weight is 472 g/mol. The predicted octanol–water partition coefficient (Wildman–Crippen LogP) is 4.03. The molecule has 2 aromatic carbocycles. The first-order valence-corrected chi connectivity index (χ1v) is 11.3. The lowest BCUT2D eigenvalue weighted by Crippen LogP contribution is -2.38. The standard InChI is InChI=1S/C25H33N3O6/c1-16-10-17(2)14-27(13-16)15-19-8-6-18(7-9-19)12-26-25(29)20-11-21(32-3)23(33-4)24(34-5)22(20)28(30)31/h6-9,11,16-17H,10,12-15H2,1-5H3,(H,26,29)/t16-,17-/m0/s1. The molecule has 1 aliphatic heterocycles. The second-order valence-electron chi connectivity index (χ2n) is 8.94. The minimum atomic E-state index is -0.660. The Balaban J connectivity index is 1.71. The van der Waals surface area contributed by atoms with E-state index in [1.165, 1.54) is 39.4 Å². The lowest BCUT2D eigenvalue weighted by Gasteiger charge is -2.35. The highest BCUT2D eigenvalue weighted by Crippen LogP contribution is 2.46. The van der Waals surface area contributed by atoms with Crippen molar-refractivity contribution in [2.24, 2.45) is 11.8 Å². The monoisotopic (exact) mass is 471 g/mol. The van der Waals surface area contributed by atoms with Crippen LogP contribution < -0.4 is 19.5 Å². The second-order valence-corrected chi connectivity index (χ2v) is 8.94. The first kappa shape index (κ1) is 25.3. The number of rotatable bonds is 9. The zero-order valence-corrected chi connectivity index (χ0v) is 20.4. The van der Waals surface area contributed by atoms with Crippen molar-refractivity contribution in [1.82, 2.24) is 10.2 Å². The summed E-state index contributed by atoms with van der Waals surface area (Å²) in [6.07, 6.45) is 1.28. The summed E-state index contributed by atoms with van der Waals surface area (Å²) >= 11 is 0. The van der Waals surface area contributed by atoms with Crippen molar-refractivity contribution in [2.75, 3.05) is 34.4 Å². The normalized spacial score (nSPS) is 18.3. The van der Waals surface area contributed by atoms with Gasteiger partial charge in [-0.25, -0.2) is 0 Å². The Morgan fingerprint density at radius 2 is 1.62 bits per heavy atom. The van der Waals surface area contributed by atoms with E-state index in [4.69, 9.17) is 14.2 Å². The van der Waals surface area contributed by atoms with Gasteiger partial charge >= 0.3 is 5.69 Å². The van der Waals surface area contributed by atoms with E-state index in [-0.39, 0.29) is 29.4 Å². The summed E-state index contributed by atoms with van der Waals surface area (Å²) in [5.74, 6) is 0.867. The van der Waals surface area contributed by atoms with Crippen LogP contribution in [0.1, 0.15) is 41.8 Å². The summed E-state index contributed by atoms with van der Waals surface area (Å²) < 4.78 is 15.6. The molecular formula is C25H33N3O6. The molecule has 1 heterocycles. The summed E-state index contributed by atoms with van der Waals surface area (Å²) in [4.78, 5) is 26.5. The highest BCUT2D eigenvalue weighted by molar-refractivity contribution is 6.00. The van der Waals surface area contributed by atoms with Gasteiger partial charge in [-0.05, 0) is 29.4 Å². The number of methoxy groups -OCH3 is 3. The van der Waals surface area contributed by atoms with Gasteiger partial charge in [0.2, 0.25) is 11.5 Å². The minimum Gasteiger partial charge on any atom is -0.493 e. The maximum atomic E-state index is 12.9. The van der Waals surface area contributed by atoms with Crippen LogP contribution in [0.4, 0.5) is 5.69 Å². The molecule has 1 aliphatic rings. The molecule has 0 saturated carbocycles. The van der Waals surface area contributed by atoms with Crippen LogP contribution in [-0.4, -0.2) is 50.1 Å². The minimum absolute atomic E-state index is 0.0568. The third-order valence-electron chi connectivity index (χ3n) is 6.06. The summed E-state index contributed by atoms with van der Waals surface area (Å²) in [5, 5.41) is 14.5. The van der Waals surface area contributed by atoms with E-state index < -0.39 is 16.5 Å². The van der Waals surface area contributed by atoms with Crippen LogP contribution >= 0.6 is 0 Å². The molecule has 9 heteroatoms. The second kappa shape index (κ2) is 11.2. The largest absolute Gasteiger partial charge is 0.493 e. The number of amides is 1. The maximum Gasteiger partial charge on any atom is 0.327 e. The Kier molecular flexibility index (Phi) is 8.33. The molecule has 0 spiro atoms. The van der Waals surface area contributed by atoms with Gasteiger partial charge in [0.05, 0.1) is 26.3 Å². The molecule has 0 aromatic heterocycles. The van der Waals surface area contributed by atoms with Crippen molar-refractivity contribution in [3.63, 3.8) is 0 Å². The van der Waals surface area contributed by atoms with Gasteiger partial charge in [0.1, 0.15) is 5.56 Å². The molecule has 3 rings (SSSR count). The van der Waals surface area contributed by atoms with Crippen LogP contribution in [0.25, 0.3) is 0 Å². The van der Waals surface area contributed by atoms with Gasteiger partial charge in [-0.15, -0.1) is 0 Å². The first-order chi connectivity index (χ1) is 16.3. The van der Waals surface area contributed by atoms with Crippen LogP contribution in [0.3, 0.4) is 0 Å². The highest BCUT2D eigenvalue weighted by Gasteiger charge is 2.32. The lowest BCUT2D eigenvalue weighted by atomic mass is 9.91. The molecule has 184 valence electrons. The maximum absolute atomic E-state index is 12.9. The Morgan fingerprint density at radius 3 is 2.15 bits per heavy atom. The molecular weight excluding hydrogens is 438 g/mol. The number of ether oxygens (including phenoxy) is 3. The Labute approximate surface area is 200 Å². The van der Waals surface area contributed by atoms with Crippen molar-refractivity contribution >= 4 is 11.6 Å². The topological polar surface area (TPSA) is 103 Å². The fourth-order valence-electron chi connectivity index (χ4n) is 4.71. The van der Waals surface area contributed by atoms with Crippen molar-refractivity contribution in [1.29, 1.82) is 0 Å². The number of nitro groups is 1. The molecule has 0 aliphatic carbocycles. The molecule has 9 nitrogen and oxygen atoms in total. The van der Waals surface area contributed by atoms with E-state index in [0.717, 1.165) is 25.2 Å². The van der Waals surface area contributed by atoms with Gasteiger partial charge in [0, 0.05) is 32.2 Å². The van der Waals surface area contributed by atoms with Gasteiger partial charge in [-0.3, -0.25) is 19.8 Å². The van der Waals surface area contributed by atoms with E-state index >= 15 is 0 Å². The van der Waals surface area contributed by atoms with Gasteiger partial charge in [0.25, 0.3) is 5.91 Å². The number of benzene rings is 2. The summed E-state index contributed by atoms with van der Waals surface area (Å²) in [6, 6.07) is 9.35. The van der Waals surface area contributed by atoms with Crippen LogP contribution in [0, 0.1) is 22.0 Å². The molecule has 2 atom stereocenters. The van der Waals surface area contributed by atoms with Gasteiger partial charge < -0.3 is 19.5 Å². The van der Waals surface area contributed by atoms with Crippen LogP contribution in [0.15, 0.2) is 30.3 Å². The number of likely N-dealkylation sites (tertiary alicyclic amines) is 1. The molecule has 2 aromatic rings. The Morgan fingerprint density at radius 1 is 1.03 bits per heavy atom. The Bertz CT molecular complexity index is 1010. The number of hydrogen-bond donors (Lipinski definition) is 1. The van der Waals surface area contributed by atoms with Crippen molar-refractivity contribution in [3.8, 4) is 17.2 Å².